The molecule has 1 N–H and O–H groups in total. The highest BCUT2D eigenvalue weighted by molar-refractivity contribution is 7.89. The Balaban J connectivity index is 1.98. The number of aryl methyl sites for hydroxylation is 2. The Kier molecular flexibility index (Phi) is 5.71. The lowest BCUT2D eigenvalue weighted by Crippen LogP contribution is -2.32. The minimum Gasteiger partial charge on any atom is -0.347 e. The van der Waals surface area contributed by atoms with E-state index in [0.717, 1.165) is 37.4 Å². The first-order valence-electron chi connectivity index (χ1n) is 9.27. The zero-order valence-electron chi connectivity index (χ0n) is 16.3. The van der Waals surface area contributed by atoms with Crippen LogP contribution in [0, 0.1) is 24.0 Å². The van der Waals surface area contributed by atoms with Crippen molar-refractivity contribution < 1.29 is 13.3 Å². The van der Waals surface area contributed by atoms with Gasteiger partial charge in [-0.05, 0) is 38.8 Å². The maximum Gasteiger partial charge on any atom is 0.294 e. The Hall–Kier alpha value is -2.46. The van der Waals surface area contributed by atoms with Gasteiger partial charge in [-0.1, -0.05) is 12.8 Å². The molecule has 0 amide bonds. The summed E-state index contributed by atoms with van der Waals surface area (Å²) in [6, 6.07) is 4.02. The molecule has 0 bridgehead atoms. The summed E-state index contributed by atoms with van der Waals surface area (Å²) < 4.78 is 29.0. The van der Waals surface area contributed by atoms with Crippen molar-refractivity contribution in [2.24, 2.45) is 7.05 Å². The van der Waals surface area contributed by atoms with Gasteiger partial charge in [0.05, 0.1) is 26.9 Å². The van der Waals surface area contributed by atoms with Gasteiger partial charge in [-0.15, -0.1) is 0 Å². The van der Waals surface area contributed by atoms with Crippen molar-refractivity contribution in [1.29, 1.82) is 0 Å². The summed E-state index contributed by atoms with van der Waals surface area (Å²) in [6.45, 7) is 4.56. The first-order valence-corrected chi connectivity index (χ1v) is 10.7. The van der Waals surface area contributed by atoms with Crippen molar-refractivity contribution in [3.63, 3.8) is 0 Å². The first-order chi connectivity index (χ1) is 13.2. The first kappa shape index (κ1) is 20.3. The number of rotatable bonds is 5. The van der Waals surface area contributed by atoms with Crippen molar-refractivity contribution in [2.75, 3.05) is 18.4 Å². The van der Waals surface area contributed by atoms with E-state index < -0.39 is 14.9 Å². The van der Waals surface area contributed by atoms with E-state index in [2.05, 4.69) is 10.4 Å². The van der Waals surface area contributed by atoms with Gasteiger partial charge in [0.2, 0.25) is 10.0 Å². The van der Waals surface area contributed by atoms with Crippen molar-refractivity contribution in [3.8, 4) is 0 Å². The number of sulfonamides is 1. The molecule has 1 aromatic heterocycles. The Labute approximate surface area is 164 Å². The SMILES string of the molecule is Cc1nn(C)c(C)c1Nc1ccc(S(=O)(=O)N2CCCCCC2)cc1[N+](=O)[O-]. The van der Waals surface area contributed by atoms with E-state index in [1.807, 2.05) is 6.92 Å². The van der Waals surface area contributed by atoms with E-state index in [1.54, 1.807) is 18.7 Å². The topological polar surface area (TPSA) is 110 Å². The summed E-state index contributed by atoms with van der Waals surface area (Å²) in [5.41, 5.74) is 2.16. The highest BCUT2D eigenvalue weighted by Crippen LogP contribution is 2.33. The quantitative estimate of drug-likeness (QED) is 0.602. The van der Waals surface area contributed by atoms with Gasteiger partial charge in [0.25, 0.3) is 5.69 Å². The third-order valence-electron chi connectivity index (χ3n) is 5.14. The second-order valence-electron chi connectivity index (χ2n) is 7.05. The Bertz CT molecular complexity index is 992. The standard InChI is InChI=1S/C18H25N5O4S/c1-13-18(14(2)21(3)20-13)19-16-9-8-15(12-17(16)23(24)25)28(26,27)22-10-6-4-5-7-11-22/h8-9,12,19H,4-7,10-11H2,1-3H3. The molecular formula is C18H25N5O4S. The molecule has 0 spiro atoms. The van der Waals surface area contributed by atoms with Crippen molar-refractivity contribution in [3.05, 3.63) is 39.7 Å². The fourth-order valence-electron chi connectivity index (χ4n) is 3.45. The van der Waals surface area contributed by atoms with Crippen LogP contribution in [0.25, 0.3) is 0 Å². The van der Waals surface area contributed by atoms with Crippen LogP contribution in [0.5, 0.6) is 0 Å². The predicted molar refractivity (Wildman–Crippen MR) is 106 cm³/mol. The lowest BCUT2D eigenvalue weighted by Gasteiger charge is -2.20. The molecule has 1 aliphatic rings. The molecule has 10 heteroatoms. The van der Waals surface area contributed by atoms with Crippen LogP contribution < -0.4 is 5.32 Å². The largest absolute Gasteiger partial charge is 0.347 e. The molecule has 0 saturated carbocycles. The summed E-state index contributed by atoms with van der Waals surface area (Å²) >= 11 is 0. The minimum atomic E-state index is -3.76. The maximum absolute atomic E-state index is 13.0. The van der Waals surface area contributed by atoms with Crippen LogP contribution in [0.2, 0.25) is 0 Å². The number of aromatic nitrogens is 2. The maximum atomic E-state index is 13.0. The predicted octanol–water partition coefficient (Wildman–Crippen LogP) is 3.25. The lowest BCUT2D eigenvalue weighted by atomic mass is 10.2. The van der Waals surface area contributed by atoms with Gasteiger partial charge < -0.3 is 5.32 Å². The van der Waals surface area contributed by atoms with E-state index in [9.17, 15) is 18.5 Å². The highest BCUT2D eigenvalue weighted by Gasteiger charge is 2.28. The number of anilines is 2. The number of nitro benzene ring substituents is 1. The molecule has 9 nitrogen and oxygen atoms in total. The average molecular weight is 407 g/mol. The number of nitro groups is 1. The van der Waals surface area contributed by atoms with Crippen molar-refractivity contribution in [1.82, 2.24) is 14.1 Å². The summed E-state index contributed by atoms with van der Waals surface area (Å²) in [6.07, 6.45) is 3.61. The monoisotopic (exact) mass is 407 g/mol. The molecule has 1 aliphatic heterocycles. The molecule has 0 unspecified atom stereocenters. The van der Waals surface area contributed by atoms with E-state index >= 15 is 0 Å². The van der Waals surface area contributed by atoms with Gasteiger partial charge in [0.1, 0.15) is 5.69 Å². The van der Waals surface area contributed by atoms with Gasteiger partial charge in [0, 0.05) is 26.2 Å². The Morgan fingerprint density at radius 1 is 1.14 bits per heavy atom. The van der Waals surface area contributed by atoms with Crippen LogP contribution in [0.15, 0.2) is 23.1 Å². The average Bonchev–Trinajstić information content (AvgIpc) is 2.87. The van der Waals surface area contributed by atoms with E-state index in [-0.39, 0.29) is 16.3 Å². The molecule has 1 fully saturated rings. The number of nitrogens with one attached hydrogen (secondary N) is 1. The van der Waals surface area contributed by atoms with Crippen LogP contribution in [0.1, 0.15) is 37.1 Å². The van der Waals surface area contributed by atoms with E-state index in [0.29, 0.717) is 24.5 Å². The fraction of sp³-hybridized carbons (Fsp3) is 0.500. The molecule has 0 radical (unpaired) electrons. The van der Waals surface area contributed by atoms with Crippen molar-refractivity contribution >= 4 is 27.1 Å². The molecule has 2 aromatic rings. The van der Waals surface area contributed by atoms with Gasteiger partial charge in [-0.3, -0.25) is 14.8 Å². The zero-order valence-corrected chi connectivity index (χ0v) is 17.1. The lowest BCUT2D eigenvalue weighted by molar-refractivity contribution is -0.384. The normalized spacial score (nSPS) is 16.0. The molecule has 28 heavy (non-hydrogen) atoms. The van der Waals surface area contributed by atoms with Crippen LogP contribution in [0.4, 0.5) is 17.1 Å². The molecule has 1 saturated heterocycles. The Morgan fingerprint density at radius 2 is 1.79 bits per heavy atom. The smallest absolute Gasteiger partial charge is 0.294 e. The number of hydrogen-bond acceptors (Lipinski definition) is 6. The fourth-order valence-corrected chi connectivity index (χ4v) is 4.99. The molecule has 3 rings (SSSR count). The summed E-state index contributed by atoms with van der Waals surface area (Å²) in [5.74, 6) is 0. The van der Waals surface area contributed by atoms with Gasteiger partial charge >= 0.3 is 0 Å². The van der Waals surface area contributed by atoms with Crippen LogP contribution in [-0.2, 0) is 17.1 Å². The molecule has 0 aliphatic carbocycles. The highest BCUT2D eigenvalue weighted by atomic mass is 32.2. The number of nitrogens with zero attached hydrogens (tertiary/aromatic N) is 4. The van der Waals surface area contributed by atoms with Crippen LogP contribution in [-0.4, -0.2) is 40.5 Å². The summed E-state index contributed by atoms with van der Waals surface area (Å²) in [4.78, 5) is 11.0. The van der Waals surface area contributed by atoms with Gasteiger partial charge in [-0.25, -0.2) is 8.42 Å². The van der Waals surface area contributed by atoms with E-state index in [1.165, 1.54) is 16.4 Å². The Morgan fingerprint density at radius 3 is 2.32 bits per heavy atom. The molecule has 152 valence electrons. The summed E-state index contributed by atoms with van der Waals surface area (Å²) in [5, 5.41) is 19.0. The minimum absolute atomic E-state index is 0.0497. The summed E-state index contributed by atoms with van der Waals surface area (Å²) in [7, 11) is -1.97. The zero-order chi connectivity index (χ0) is 20.5. The van der Waals surface area contributed by atoms with Crippen LogP contribution in [0.3, 0.4) is 0 Å². The molecule has 1 aromatic carbocycles. The van der Waals surface area contributed by atoms with E-state index in [4.69, 9.17) is 0 Å². The second kappa shape index (κ2) is 7.88. The third-order valence-corrected chi connectivity index (χ3v) is 7.03. The van der Waals surface area contributed by atoms with Gasteiger partial charge in [0.15, 0.2) is 0 Å². The number of benzene rings is 1. The number of hydrogen-bond donors (Lipinski definition) is 1. The molecule has 0 atom stereocenters. The molecular weight excluding hydrogens is 382 g/mol. The molecule has 2 heterocycles. The van der Waals surface area contributed by atoms with Crippen molar-refractivity contribution in [2.45, 2.75) is 44.4 Å². The third kappa shape index (κ3) is 3.88. The second-order valence-corrected chi connectivity index (χ2v) is 8.99. The van der Waals surface area contributed by atoms with Gasteiger partial charge in [-0.2, -0.15) is 9.40 Å². The van der Waals surface area contributed by atoms with Crippen LogP contribution >= 0.6 is 0 Å².